The van der Waals surface area contributed by atoms with E-state index >= 15 is 0 Å². The highest BCUT2D eigenvalue weighted by molar-refractivity contribution is 9.10. The van der Waals surface area contributed by atoms with Crippen LogP contribution in [0.5, 0.6) is 0 Å². The second-order valence-corrected chi connectivity index (χ2v) is 9.85. The molecule has 2 bridgehead atoms. The molecule has 0 unspecified atom stereocenters. The summed E-state index contributed by atoms with van der Waals surface area (Å²) in [5.41, 5.74) is 4.13. The van der Waals surface area contributed by atoms with E-state index in [0.29, 0.717) is 0 Å². The molecule has 134 valence electrons. The molecule has 1 saturated carbocycles. The summed E-state index contributed by atoms with van der Waals surface area (Å²) in [6.45, 7) is 0. The topological polar surface area (TPSA) is 9.23 Å². The number of rotatable bonds is 3. The summed E-state index contributed by atoms with van der Waals surface area (Å²) in [4.78, 5) is 0. The van der Waals surface area contributed by atoms with E-state index in [-0.39, 0.29) is 9.74 Å². The van der Waals surface area contributed by atoms with E-state index in [1.807, 2.05) is 0 Å². The van der Waals surface area contributed by atoms with Crippen molar-refractivity contribution in [2.24, 2.45) is 5.41 Å². The fourth-order valence-electron chi connectivity index (χ4n) is 5.85. The Morgan fingerprint density at radius 3 is 1.74 bits per heavy atom. The van der Waals surface area contributed by atoms with Crippen LogP contribution in [0.25, 0.3) is 0 Å². The van der Waals surface area contributed by atoms with Crippen LogP contribution in [0, 0.1) is 5.41 Å². The van der Waals surface area contributed by atoms with Crippen molar-refractivity contribution in [2.75, 3.05) is 5.33 Å². The van der Waals surface area contributed by atoms with E-state index in [1.165, 1.54) is 22.3 Å². The molecule has 0 spiro atoms. The van der Waals surface area contributed by atoms with Crippen LogP contribution in [0.15, 0.2) is 84.9 Å². The molecule has 0 N–H and O–H groups in total. The third-order valence-corrected chi connectivity index (χ3v) is 9.55. The minimum atomic E-state index is -0.478. The second kappa shape index (κ2) is 5.14. The van der Waals surface area contributed by atoms with Crippen molar-refractivity contribution in [1.29, 1.82) is 0 Å². The van der Waals surface area contributed by atoms with E-state index in [9.17, 15) is 0 Å². The molecule has 3 aromatic carbocycles. The smallest absolute Gasteiger partial charge is 0.136 e. The van der Waals surface area contributed by atoms with Gasteiger partial charge in [-0.05, 0) is 28.7 Å². The molecule has 1 saturated heterocycles. The Balaban J connectivity index is 1.75. The highest BCUT2D eigenvalue weighted by atomic mass is 79.9. The SMILES string of the molecule is BrC[C@@]12C[C@]1(Br)[C@]1(c3ccccc3)O[C@]2(c2ccccc2)c2ccccc21. The number of hydrogen-bond donors (Lipinski definition) is 0. The first-order valence-electron chi connectivity index (χ1n) is 9.32. The largest absolute Gasteiger partial charge is 0.347 e. The van der Waals surface area contributed by atoms with Gasteiger partial charge in [0.2, 0.25) is 0 Å². The molecule has 4 atom stereocenters. The number of fused-ring (bicyclic) bond motifs is 8. The zero-order chi connectivity index (χ0) is 18.3. The van der Waals surface area contributed by atoms with Crippen LogP contribution in [0.1, 0.15) is 28.7 Å². The fourth-order valence-corrected chi connectivity index (χ4v) is 8.72. The number of halogens is 2. The van der Waals surface area contributed by atoms with Crippen LogP contribution >= 0.6 is 31.9 Å². The van der Waals surface area contributed by atoms with E-state index in [0.717, 1.165) is 11.8 Å². The Morgan fingerprint density at radius 2 is 1.19 bits per heavy atom. The summed E-state index contributed by atoms with van der Waals surface area (Å²) in [7, 11) is 0. The summed E-state index contributed by atoms with van der Waals surface area (Å²) in [6, 6.07) is 30.3. The lowest BCUT2D eigenvalue weighted by Crippen LogP contribution is -2.42. The average Bonchev–Trinajstić information content (AvgIpc) is 3.19. The minimum Gasteiger partial charge on any atom is -0.347 e. The molecule has 1 nitrogen and oxygen atoms in total. The van der Waals surface area contributed by atoms with Gasteiger partial charge in [0, 0.05) is 10.7 Å². The molecule has 27 heavy (non-hydrogen) atoms. The Kier molecular flexibility index (Phi) is 3.14. The van der Waals surface area contributed by atoms with Crippen LogP contribution < -0.4 is 0 Å². The van der Waals surface area contributed by atoms with Crippen molar-refractivity contribution in [1.82, 2.24) is 0 Å². The lowest BCUT2D eigenvalue weighted by atomic mass is 9.66. The van der Waals surface area contributed by atoms with Crippen molar-refractivity contribution in [3.8, 4) is 0 Å². The van der Waals surface area contributed by atoms with Gasteiger partial charge in [-0.15, -0.1) is 0 Å². The van der Waals surface area contributed by atoms with Crippen molar-refractivity contribution in [2.45, 2.75) is 21.9 Å². The standard InChI is InChI=1S/C24H18Br2O/c25-16-21-15-22(21,26)24(18-11-5-2-6-12-18)20-14-8-7-13-19(20)23(21,27-24)17-9-3-1-4-10-17/h1-14H,15-16H2/t21-,22+,23+,24+/m0/s1. The third kappa shape index (κ3) is 1.56. The summed E-state index contributed by atoms with van der Waals surface area (Å²) < 4.78 is 7.15. The van der Waals surface area contributed by atoms with Crippen LogP contribution in [0.2, 0.25) is 0 Å². The van der Waals surface area contributed by atoms with Crippen molar-refractivity contribution in [3.05, 3.63) is 107 Å². The van der Waals surface area contributed by atoms with Crippen LogP contribution in [0.3, 0.4) is 0 Å². The van der Waals surface area contributed by atoms with E-state index in [1.54, 1.807) is 0 Å². The quantitative estimate of drug-likeness (QED) is 0.408. The number of ether oxygens (including phenoxy) is 1. The Bertz CT molecular complexity index is 1050. The van der Waals surface area contributed by atoms with Gasteiger partial charge in [-0.1, -0.05) is 117 Å². The van der Waals surface area contributed by atoms with Gasteiger partial charge in [0.05, 0.1) is 4.32 Å². The average molecular weight is 482 g/mol. The van der Waals surface area contributed by atoms with Crippen molar-refractivity contribution < 1.29 is 4.74 Å². The van der Waals surface area contributed by atoms with Crippen molar-refractivity contribution >= 4 is 31.9 Å². The van der Waals surface area contributed by atoms with Gasteiger partial charge in [-0.25, -0.2) is 0 Å². The number of benzene rings is 3. The molecule has 0 amide bonds. The normalized spacial score (nSPS) is 37.7. The minimum absolute atomic E-state index is 0.0223. The molecule has 6 rings (SSSR count). The fraction of sp³-hybridized carbons (Fsp3) is 0.250. The first kappa shape index (κ1) is 16.5. The molecule has 2 fully saturated rings. The highest BCUT2D eigenvalue weighted by Crippen LogP contribution is 2.89. The van der Waals surface area contributed by atoms with Gasteiger partial charge >= 0.3 is 0 Å². The van der Waals surface area contributed by atoms with E-state index < -0.39 is 11.2 Å². The van der Waals surface area contributed by atoms with Gasteiger partial charge in [0.15, 0.2) is 0 Å². The van der Waals surface area contributed by atoms with Gasteiger partial charge in [-0.3, -0.25) is 0 Å². The highest BCUT2D eigenvalue weighted by Gasteiger charge is 2.93. The Labute approximate surface area is 176 Å². The van der Waals surface area contributed by atoms with Crippen LogP contribution in [0.4, 0.5) is 0 Å². The zero-order valence-corrected chi connectivity index (χ0v) is 17.8. The van der Waals surface area contributed by atoms with E-state index in [2.05, 4.69) is 117 Å². The maximum atomic E-state index is 7.27. The molecule has 2 heterocycles. The predicted octanol–water partition coefficient (Wildman–Crippen LogP) is 6.14. The molecule has 0 aromatic heterocycles. The monoisotopic (exact) mass is 480 g/mol. The summed E-state index contributed by atoms with van der Waals surface area (Å²) in [6.07, 6.45) is 1.07. The lowest BCUT2D eigenvalue weighted by Gasteiger charge is -2.37. The number of alkyl halides is 2. The maximum absolute atomic E-state index is 7.27. The molecular weight excluding hydrogens is 464 g/mol. The Morgan fingerprint density at radius 1 is 0.704 bits per heavy atom. The van der Waals surface area contributed by atoms with Crippen LogP contribution in [-0.4, -0.2) is 9.65 Å². The molecule has 3 aliphatic rings. The maximum Gasteiger partial charge on any atom is 0.136 e. The summed E-state index contributed by atoms with van der Waals surface area (Å²) in [5.74, 6) is 0. The predicted molar refractivity (Wildman–Crippen MR) is 114 cm³/mol. The number of hydrogen-bond acceptors (Lipinski definition) is 1. The van der Waals surface area contributed by atoms with E-state index in [4.69, 9.17) is 4.74 Å². The summed E-state index contributed by atoms with van der Waals surface area (Å²) in [5, 5.41) is 0.892. The van der Waals surface area contributed by atoms with Gasteiger partial charge < -0.3 is 4.74 Å². The van der Waals surface area contributed by atoms with Gasteiger partial charge in [0.25, 0.3) is 0 Å². The molecular formula is C24H18Br2O. The lowest BCUT2D eigenvalue weighted by molar-refractivity contribution is -0.0803. The first-order valence-corrected chi connectivity index (χ1v) is 11.2. The molecule has 3 aromatic rings. The van der Waals surface area contributed by atoms with Crippen molar-refractivity contribution in [3.63, 3.8) is 0 Å². The molecule has 2 aliphatic heterocycles. The zero-order valence-electron chi connectivity index (χ0n) is 14.7. The third-order valence-electron chi connectivity index (χ3n) is 6.99. The summed E-state index contributed by atoms with van der Waals surface area (Å²) >= 11 is 8.11. The van der Waals surface area contributed by atoms with Gasteiger partial charge in [-0.2, -0.15) is 0 Å². The second-order valence-electron chi connectivity index (χ2n) is 7.94. The van der Waals surface area contributed by atoms with Crippen LogP contribution in [-0.2, 0) is 15.9 Å². The Hall–Kier alpha value is -1.42. The molecule has 1 aliphatic carbocycles. The first-order chi connectivity index (χ1) is 13.2. The van der Waals surface area contributed by atoms with Gasteiger partial charge in [0.1, 0.15) is 11.2 Å². The molecule has 3 heteroatoms. The molecule has 0 radical (unpaired) electrons.